The van der Waals surface area contributed by atoms with Gasteiger partial charge in [0.2, 0.25) is 0 Å². The summed E-state index contributed by atoms with van der Waals surface area (Å²) in [6.45, 7) is 0. The van der Waals surface area contributed by atoms with E-state index in [1.165, 1.54) is 9.13 Å². The van der Waals surface area contributed by atoms with Gasteiger partial charge in [0.25, 0.3) is 0 Å². The molecule has 0 amide bonds. The smallest absolute Gasteiger partial charge is 0.132 e. The van der Waals surface area contributed by atoms with E-state index in [0.29, 0.717) is 0 Å². The van der Waals surface area contributed by atoms with Crippen molar-refractivity contribution in [2.75, 3.05) is 0 Å². The van der Waals surface area contributed by atoms with Gasteiger partial charge >= 0.3 is 0 Å². The lowest BCUT2D eigenvalue weighted by atomic mass is 10.1. The van der Waals surface area contributed by atoms with E-state index in [-0.39, 0.29) is 0 Å². The van der Waals surface area contributed by atoms with Gasteiger partial charge in [0.05, 0.1) is 0 Å². The molecule has 2 rings (SSSR count). The number of halogens is 1. The van der Waals surface area contributed by atoms with Crippen LogP contribution in [-0.4, -0.2) is 9.97 Å². The molecule has 0 aliphatic heterocycles. The van der Waals surface area contributed by atoms with E-state index in [4.69, 9.17) is 0 Å². The molecule has 70 valence electrons. The molecule has 0 N–H and O–H groups in total. The Balaban J connectivity index is 2.16. The van der Waals surface area contributed by atoms with Gasteiger partial charge in [-0.25, -0.2) is 9.97 Å². The van der Waals surface area contributed by atoms with Crippen molar-refractivity contribution >= 4 is 22.6 Å². The van der Waals surface area contributed by atoms with Gasteiger partial charge in [-0.3, -0.25) is 0 Å². The van der Waals surface area contributed by atoms with Crippen molar-refractivity contribution in [3.05, 3.63) is 57.7 Å². The van der Waals surface area contributed by atoms with Crippen LogP contribution in [0, 0.1) is 3.57 Å². The number of rotatable bonds is 2. The monoisotopic (exact) mass is 296 g/mol. The number of nitrogens with zero attached hydrogens (tertiary/aromatic N) is 2. The summed E-state index contributed by atoms with van der Waals surface area (Å²) in [5.41, 5.74) is 1.25. The fraction of sp³-hybridized carbons (Fsp3) is 0.0909. The van der Waals surface area contributed by atoms with Crippen LogP contribution in [0.5, 0.6) is 0 Å². The van der Waals surface area contributed by atoms with Crippen molar-refractivity contribution in [1.82, 2.24) is 9.97 Å². The van der Waals surface area contributed by atoms with Crippen LogP contribution in [0.25, 0.3) is 0 Å². The lowest BCUT2D eigenvalue weighted by Gasteiger charge is -1.99. The molecule has 0 fully saturated rings. The Labute approximate surface area is 96.6 Å². The second kappa shape index (κ2) is 4.50. The van der Waals surface area contributed by atoms with Crippen LogP contribution in [-0.2, 0) is 6.42 Å². The Morgan fingerprint density at radius 3 is 2.29 bits per heavy atom. The highest BCUT2D eigenvalue weighted by atomic mass is 127. The average Bonchev–Trinajstić information content (AvgIpc) is 2.23. The van der Waals surface area contributed by atoms with E-state index in [1.54, 1.807) is 12.4 Å². The van der Waals surface area contributed by atoms with Crippen LogP contribution in [0.2, 0.25) is 0 Å². The summed E-state index contributed by atoms with van der Waals surface area (Å²) < 4.78 is 1.25. The first-order valence-electron chi connectivity index (χ1n) is 4.35. The lowest BCUT2D eigenvalue weighted by Crippen LogP contribution is -1.94. The van der Waals surface area contributed by atoms with Crippen molar-refractivity contribution < 1.29 is 0 Å². The van der Waals surface area contributed by atoms with E-state index in [2.05, 4.69) is 56.8 Å². The van der Waals surface area contributed by atoms with Crippen LogP contribution < -0.4 is 0 Å². The zero-order valence-corrected chi connectivity index (χ0v) is 9.68. The second-order valence-corrected chi connectivity index (χ2v) is 4.21. The molecule has 2 aromatic rings. The fourth-order valence-electron chi connectivity index (χ4n) is 1.21. The predicted octanol–water partition coefficient (Wildman–Crippen LogP) is 2.67. The maximum Gasteiger partial charge on any atom is 0.132 e. The minimum atomic E-state index is 0.803. The van der Waals surface area contributed by atoms with Crippen LogP contribution in [0.3, 0.4) is 0 Å². The molecular formula is C11H9IN2. The third-order valence-corrected chi connectivity index (χ3v) is 2.61. The largest absolute Gasteiger partial charge is 0.241 e. The molecule has 1 aromatic carbocycles. The summed E-state index contributed by atoms with van der Waals surface area (Å²) in [7, 11) is 0. The van der Waals surface area contributed by atoms with Crippen molar-refractivity contribution in [1.29, 1.82) is 0 Å². The molecule has 0 saturated carbocycles. The van der Waals surface area contributed by atoms with Crippen molar-refractivity contribution in [3.8, 4) is 0 Å². The van der Waals surface area contributed by atoms with Crippen molar-refractivity contribution in [3.63, 3.8) is 0 Å². The molecule has 0 unspecified atom stereocenters. The van der Waals surface area contributed by atoms with Crippen LogP contribution >= 0.6 is 22.6 Å². The first-order valence-corrected chi connectivity index (χ1v) is 5.43. The third kappa shape index (κ3) is 2.51. The molecule has 0 saturated heterocycles. The van der Waals surface area contributed by atoms with Crippen LogP contribution in [0.15, 0.2) is 42.7 Å². The molecule has 3 heteroatoms. The Hall–Kier alpha value is -0.970. The molecule has 0 aliphatic rings. The van der Waals surface area contributed by atoms with E-state index in [9.17, 15) is 0 Å². The Bertz CT molecular complexity index is 397. The number of benzene rings is 1. The summed E-state index contributed by atoms with van der Waals surface area (Å²) in [4.78, 5) is 8.37. The Morgan fingerprint density at radius 2 is 1.64 bits per heavy atom. The normalized spacial score (nSPS) is 10.1. The first-order chi connectivity index (χ1) is 6.84. The maximum atomic E-state index is 4.18. The van der Waals surface area contributed by atoms with Crippen molar-refractivity contribution in [2.24, 2.45) is 0 Å². The zero-order valence-electron chi connectivity index (χ0n) is 7.52. The molecule has 1 heterocycles. The highest BCUT2D eigenvalue weighted by Gasteiger charge is 1.97. The molecule has 0 spiro atoms. The molecule has 2 nitrogen and oxygen atoms in total. The zero-order chi connectivity index (χ0) is 9.80. The van der Waals surface area contributed by atoms with Crippen LogP contribution in [0.1, 0.15) is 11.4 Å². The average molecular weight is 296 g/mol. The van der Waals surface area contributed by atoms with E-state index < -0.39 is 0 Å². The van der Waals surface area contributed by atoms with Gasteiger partial charge < -0.3 is 0 Å². The fourth-order valence-corrected chi connectivity index (χ4v) is 1.57. The highest BCUT2D eigenvalue weighted by Crippen LogP contribution is 2.09. The highest BCUT2D eigenvalue weighted by molar-refractivity contribution is 14.1. The van der Waals surface area contributed by atoms with Gasteiger partial charge in [-0.15, -0.1) is 0 Å². The Morgan fingerprint density at radius 1 is 1.00 bits per heavy atom. The standard InChI is InChI=1S/C11H9IN2/c12-10-4-2-9(3-5-10)8-11-13-6-1-7-14-11/h1-7H,8H2. The first kappa shape index (κ1) is 9.58. The second-order valence-electron chi connectivity index (χ2n) is 2.97. The summed E-state index contributed by atoms with van der Waals surface area (Å²) in [6, 6.07) is 10.2. The van der Waals surface area contributed by atoms with E-state index in [1.807, 2.05) is 6.07 Å². The minimum Gasteiger partial charge on any atom is -0.241 e. The molecule has 0 radical (unpaired) electrons. The molecule has 14 heavy (non-hydrogen) atoms. The number of aromatic nitrogens is 2. The summed E-state index contributed by atoms with van der Waals surface area (Å²) in [5, 5.41) is 0. The van der Waals surface area contributed by atoms with Gasteiger partial charge in [0.15, 0.2) is 0 Å². The molecule has 1 aromatic heterocycles. The summed E-state index contributed by atoms with van der Waals surface area (Å²) >= 11 is 2.30. The topological polar surface area (TPSA) is 25.8 Å². The Kier molecular flexibility index (Phi) is 3.08. The minimum absolute atomic E-state index is 0.803. The van der Waals surface area contributed by atoms with Gasteiger partial charge in [-0.2, -0.15) is 0 Å². The van der Waals surface area contributed by atoms with Gasteiger partial charge in [0.1, 0.15) is 5.82 Å². The third-order valence-electron chi connectivity index (χ3n) is 1.89. The molecule has 0 atom stereocenters. The summed E-state index contributed by atoms with van der Waals surface area (Å²) in [6.07, 6.45) is 4.35. The van der Waals surface area contributed by atoms with E-state index in [0.717, 1.165) is 12.2 Å². The number of hydrogen-bond acceptors (Lipinski definition) is 2. The number of hydrogen-bond donors (Lipinski definition) is 0. The predicted molar refractivity (Wildman–Crippen MR) is 64.0 cm³/mol. The quantitative estimate of drug-likeness (QED) is 0.796. The molecule has 0 aliphatic carbocycles. The van der Waals surface area contributed by atoms with Crippen LogP contribution in [0.4, 0.5) is 0 Å². The van der Waals surface area contributed by atoms with E-state index >= 15 is 0 Å². The molecular weight excluding hydrogens is 287 g/mol. The summed E-state index contributed by atoms with van der Waals surface area (Å²) in [5.74, 6) is 0.869. The molecule has 0 bridgehead atoms. The van der Waals surface area contributed by atoms with Gasteiger partial charge in [0, 0.05) is 22.4 Å². The van der Waals surface area contributed by atoms with Gasteiger partial charge in [-0.05, 0) is 46.4 Å². The SMILES string of the molecule is Ic1ccc(Cc2ncccn2)cc1. The lowest BCUT2D eigenvalue weighted by molar-refractivity contribution is 0.967. The van der Waals surface area contributed by atoms with Crippen molar-refractivity contribution in [2.45, 2.75) is 6.42 Å². The maximum absolute atomic E-state index is 4.18. The van der Waals surface area contributed by atoms with Gasteiger partial charge in [-0.1, -0.05) is 12.1 Å².